The van der Waals surface area contributed by atoms with Gasteiger partial charge in [0.05, 0.1) is 22.5 Å². The molecule has 0 radical (unpaired) electrons. The number of aromatic nitrogens is 2. The van der Waals surface area contributed by atoms with Gasteiger partial charge in [-0.05, 0) is 35.7 Å². The van der Waals surface area contributed by atoms with Gasteiger partial charge in [-0.15, -0.1) is 11.3 Å². The highest BCUT2D eigenvalue weighted by molar-refractivity contribution is 9.10. The van der Waals surface area contributed by atoms with Crippen LogP contribution in [0.25, 0.3) is 33.4 Å². The molecule has 0 fully saturated rings. The number of benzene rings is 3. The lowest BCUT2D eigenvalue weighted by Crippen LogP contribution is -2.13. The number of pyridine rings is 1. The standard InChI is InChI=1S/C28H22BrN3OS/c1-17(2)18-7-9-20(10-8-18)26-16-34-28(31-26)32-27(33)23-15-25(19-11-13-21(29)14-12-19)30-24-6-4-3-5-22(23)24/h3-17H,1-2H3,(H,31,32,33). The number of nitrogens with zero attached hydrogens (tertiary/aromatic N) is 2. The summed E-state index contributed by atoms with van der Waals surface area (Å²) >= 11 is 4.89. The molecule has 0 spiro atoms. The lowest BCUT2D eigenvalue weighted by Gasteiger charge is -2.10. The summed E-state index contributed by atoms with van der Waals surface area (Å²) in [6.45, 7) is 4.35. The van der Waals surface area contributed by atoms with Crippen molar-refractivity contribution in [3.8, 4) is 22.5 Å². The number of rotatable bonds is 5. The minimum Gasteiger partial charge on any atom is -0.298 e. The number of fused-ring (bicyclic) bond motifs is 1. The van der Waals surface area contributed by atoms with E-state index in [4.69, 9.17) is 4.98 Å². The number of anilines is 1. The summed E-state index contributed by atoms with van der Waals surface area (Å²) in [7, 11) is 0. The average Bonchev–Trinajstić information content (AvgIpc) is 3.32. The predicted molar refractivity (Wildman–Crippen MR) is 144 cm³/mol. The molecule has 3 aromatic carbocycles. The van der Waals surface area contributed by atoms with Crippen LogP contribution < -0.4 is 5.32 Å². The molecule has 5 aromatic rings. The Balaban J connectivity index is 1.45. The van der Waals surface area contributed by atoms with E-state index in [0.717, 1.165) is 37.9 Å². The van der Waals surface area contributed by atoms with Gasteiger partial charge in [0.2, 0.25) is 0 Å². The number of carbonyl (C=O) groups excluding carboxylic acids is 1. The zero-order valence-corrected chi connectivity index (χ0v) is 21.2. The topological polar surface area (TPSA) is 54.9 Å². The zero-order chi connectivity index (χ0) is 23.7. The van der Waals surface area contributed by atoms with Gasteiger partial charge in [-0.2, -0.15) is 0 Å². The molecule has 34 heavy (non-hydrogen) atoms. The van der Waals surface area contributed by atoms with Crippen molar-refractivity contribution in [1.82, 2.24) is 9.97 Å². The summed E-state index contributed by atoms with van der Waals surface area (Å²) in [6, 6.07) is 25.9. The fourth-order valence-electron chi connectivity index (χ4n) is 3.80. The van der Waals surface area contributed by atoms with E-state index in [0.29, 0.717) is 16.6 Å². The van der Waals surface area contributed by atoms with Crippen LogP contribution in [0.3, 0.4) is 0 Å². The Morgan fingerprint density at radius 1 is 0.882 bits per heavy atom. The molecule has 168 valence electrons. The Hall–Kier alpha value is -3.35. The fourth-order valence-corrected chi connectivity index (χ4v) is 4.78. The molecule has 5 rings (SSSR count). The van der Waals surface area contributed by atoms with Crippen molar-refractivity contribution >= 4 is 49.2 Å². The van der Waals surface area contributed by atoms with Crippen molar-refractivity contribution in [3.63, 3.8) is 0 Å². The first kappa shape index (κ1) is 22.4. The second kappa shape index (κ2) is 9.49. The number of halogens is 1. The fraction of sp³-hybridized carbons (Fsp3) is 0.107. The van der Waals surface area contributed by atoms with Crippen molar-refractivity contribution in [3.05, 3.63) is 99.8 Å². The Bertz CT molecular complexity index is 1470. The molecule has 0 aliphatic rings. The summed E-state index contributed by atoms with van der Waals surface area (Å²) in [5.74, 6) is 0.282. The van der Waals surface area contributed by atoms with E-state index in [-0.39, 0.29) is 5.91 Å². The molecule has 0 aliphatic heterocycles. The first-order valence-electron chi connectivity index (χ1n) is 11.0. The predicted octanol–water partition coefficient (Wildman–Crippen LogP) is 8.16. The molecule has 2 aromatic heterocycles. The normalized spacial score (nSPS) is 11.2. The summed E-state index contributed by atoms with van der Waals surface area (Å²) in [4.78, 5) is 22.8. The van der Waals surface area contributed by atoms with Gasteiger partial charge >= 0.3 is 0 Å². The second-order valence-electron chi connectivity index (χ2n) is 8.35. The minimum absolute atomic E-state index is 0.201. The lowest BCUT2D eigenvalue weighted by molar-refractivity contribution is 0.102. The van der Waals surface area contributed by atoms with Crippen molar-refractivity contribution in [1.29, 1.82) is 0 Å². The molecule has 4 nitrogen and oxygen atoms in total. The Morgan fingerprint density at radius 3 is 2.29 bits per heavy atom. The van der Waals surface area contributed by atoms with Gasteiger partial charge < -0.3 is 0 Å². The third-order valence-electron chi connectivity index (χ3n) is 5.70. The highest BCUT2D eigenvalue weighted by Crippen LogP contribution is 2.29. The molecule has 0 aliphatic carbocycles. The number of nitrogens with one attached hydrogen (secondary N) is 1. The Labute approximate surface area is 210 Å². The lowest BCUT2D eigenvalue weighted by atomic mass is 10.0. The van der Waals surface area contributed by atoms with Gasteiger partial charge in [0, 0.05) is 26.4 Å². The van der Waals surface area contributed by atoms with Crippen LogP contribution in [0.5, 0.6) is 0 Å². The van der Waals surface area contributed by atoms with Gasteiger partial charge in [-0.1, -0.05) is 84.4 Å². The quantitative estimate of drug-likeness (QED) is 0.250. The van der Waals surface area contributed by atoms with E-state index >= 15 is 0 Å². The third kappa shape index (κ3) is 4.65. The average molecular weight is 528 g/mol. The maximum Gasteiger partial charge on any atom is 0.258 e. The molecule has 0 bridgehead atoms. The minimum atomic E-state index is -0.201. The monoisotopic (exact) mass is 527 g/mol. The van der Waals surface area contributed by atoms with Gasteiger partial charge in [0.15, 0.2) is 5.13 Å². The van der Waals surface area contributed by atoms with Crippen molar-refractivity contribution in [2.45, 2.75) is 19.8 Å². The zero-order valence-electron chi connectivity index (χ0n) is 18.7. The molecule has 1 N–H and O–H groups in total. The van der Waals surface area contributed by atoms with E-state index in [2.05, 4.69) is 64.3 Å². The molecule has 1 amide bonds. The van der Waals surface area contributed by atoms with Crippen LogP contribution in [-0.2, 0) is 0 Å². The van der Waals surface area contributed by atoms with Crippen LogP contribution in [0.4, 0.5) is 5.13 Å². The van der Waals surface area contributed by atoms with Crippen LogP contribution >= 0.6 is 27.3 Å². The van der Waals surface area contributed by atoms with Crippen molar-refractivity contribution in [2.24, 2.45) is 0 Å². The molecular formula is C28H22BrN3OS. The summed E-state index contributed by atoms with van der Waals surface area (Å²) < 4.78 is 0.994. The van der Waals surface area contributed by atoms with E-state index in [1.807, 2.05) is 60.0 Å². The van der Waals surface area contributed by atoms with E-state index in [1.165, 1.54) is 16.9 Å². The Morgan fingerprint density at radius 2 is 1.56 bits per heavy atom. The van der Waals surface area contributed by atoms with E-state index < -0.39 is 0 Å². The van der Waals surface area contributed by atoms with Crippen molar-refractivity contribution in [2.75, 3.05) is 5.32 Å². The van der Waals surface area contributed by atoms with Crippen LogP contribution in [0, 0.1) is 0 Å². The van der Waals surface area contributed by atoms with Crippen LogP contribution in [0.15, 0.2) is 88.7 Å². The number of thiazole rings is 1. The first-order valence-corrected chi connectivity index (χ1v) is 12.7. The molecule has 0 atom stereocenters. The number of para-hydroxylation sites is 1. The number of hydrogen-bond donors (Lipinski definition) is 1. The Kier molecular flexibility index (Phi) is 6.26. The van der Waals surface area contributed by atoms with Crippen molar-refractivity contribution < 1.29 is 4.79 Å². The number of carbonyl (C=O) groups is 1. The van der Waals surface area contributed by atoms with E-state index in [1.54, 1.807) is 0 Å². The molecule has 0 unspecified atom stereocenters. The van der Waals surface area contributed by atoms with Crippen LogP contribution in [0.2, 0.25) is 0 Å². The number of hydrogen-bond acceptors (Lipinski definition) is 4. The van der Waals surface area contributed by atoms with Gasteiger partial charge in [0.1, 0.15) is 0 Å². The van der Waals surface area contributed by atoms with Gasteiger partial charge in [-0.25, -0.2) is 9.97 Å². The van der Waals surface area contributed by atoms with Gasteiger partial charge in [-0.3, -0.25) is 10.1 Å². The maximum atomic E-state index is 13.4. The summed E-state index contributed by atoms with van der Waals surface area (Å²) in [5, 5.41) is 6.34. The summed E-state index contributed by atoms with van der Waals surface area (Å²) in [6.07, 6.45) is 0. The molecule has 0 saturated heterocycles. The van der Waals surface area contributed by atoms with Crippen LogP contribution in [0.1, 0.15) is 35.7 Å². The SMILES string of the molecule is CC(C)c1ccc(-c2csc(NC(=O)c3cc(-c4ccc(Br)cc4)nc4ccccc34)n2)cc1. The smallest absolute Gasteiger partial charge is 0.258 e. The van der Waals surface area contributed by atoms with Crippen LogP contribution in [-0.4, -0.2) is 15.9 Å². The maximum absolute atomic E-state index is 13.4. The third-order valence-corrected chi connectivity index (χ3v) is 6.98. The molecule has 0 saturated carbocycles. The molecule has 6 heteroatoms. The second-order valence-corrected chi connectivity index (χ2v) is 10.1. The highest BCUT2D eigenvalue weighted by Gasteiger charge is 2.16. The highest BCUT2D eigenvalue weighted by atomic mass is 79.9. The molecule has 2 heterocycles. The first-order chi connectivity index (χ1) is 16.5. The van der Waals surface area contributed by atoms with E-state index in [9.17, 15) is 4.79 Å². The largest absolute Gasteiger partial charge is 0.298 e. The van der Waals surface area contributed by atoms with Gasteiger partial charge in [0.25, 0.3) is 5.91 Å². The summed E-state index contributed by atoms with van der Waals surface area (Å²) in [5.41, 5.74) is 6.22. The number of amides is 1. The molecular weight excluding hydrogens is 506 g/mol.